The molecular formula is C18H22ClNO2. The second-order valence-electron chi connectivity index (χ2n) is 5.04. The SMILES string of the molecule is COc1ccc(OC(C)N(CCCl)Cc2ccccc2)cc1. The van der Waals surface area contributed by atoms with Crippen LogP contribution >= 0.6 is 11.6 Å². The van der Waals surface area contributed by atoms with Gasteiger partial charge in [0, 0.05) is 19.0 Å². The molecule has 0 saturated carbocycles. The van der Waals surface area contributed by atoms with Crippen molar-refractivity contribution in [3.8, 4) is 11.5 Å². The molecule has 22 heavy (non-hydrogen) atoms. The minimum Gasteiger partial charge on any atom is -0.497 e. The van der Waals surface area contributed by atoms with Crippen LogP contribution in [-0.4, -0.2) is 30.7 Å². The Bertz CT molecular complexity index is 545. The molecule has 0 N–H and O–H groups in total. The van der Waals surface area contributed by atoms with Crippen LogP contribution in [0.25, 0.3) is 0 Å². The topological polar surface area (TPSA) is 21.7 Å². The number of alkyl halides is 1. The monoisotopic (exact) mass is 319 g/mol. The van der Waals surface area contributed by atoms with Gasteiger partial charge in [-0.25, -0.2) is 0 Å². The van der Waals surface area contributed by atoms with E-state index >= 15 is 0 Å². The standard InChI is InChI=1S/C18H22ClNO2/c1-15(22-18-10-8-17(21-2)9-11-18)20(13-12-19)14-16-6-4-3-5-7-16/h3-11,15H,12-14H2,1-2H3. The lowest BCUT2D eigenvalue weighted by Gasteiger charge is -2.29. The number of methoxy groups -OCH3 is 1. The number of nitrogens with zero attached hydrogens (tertiary/aromatic N) is 1. The van der Waals surface area contributed by atoms with Crippen molar-refractivity contribution in [2.24, 2.45) is 0 Å². The van der Waals surface area contributed by atoms with Crippen molar-refractivity contribution in [2.75, 3.05) is 19.5 Å². The summed E-state index contributed by atoms with van der Waals surface area (Å²) in [5.41, 5.74) is 1.25. The van der Waals surface area contributed by atoms with Gasteiger partial charge in [0.25, 0.3) is 0 Å². The molecule has 0 aromatic heterocycles. The molecule has 4 heteroatoms. The number of hydrogen-bond acceptors (Lipinski definition) is 3. The second-order valence-corrected chi connectivity index (χ2v) is 5.42. The number of benzene rings is 2. The Balaban J connectivity index is 2.00. The van der Waals surface area contributed by atoms with Crippen molar-refractivity contribution in [1.82, 2.24) is 4.90 Å². The van der Waals surface area contributed by atoms with E-state index in [4.69, 9.17) is 21.1 Å². The maximum atomic E-state index is 6.01. The van der Waals surface area contributed by atoms with Gasteiger partial charge in [-0.2, -0.15) is 0 Å². The van der Waals surface area contributed by atoms with Crippen molar-refractivity contribution in [1.29, 1.82) is 0 Å². The number of halogens is 1. The average Bonchev–Trinajstić information content (AvgIpc) is 2.56. The van der Waals surface area contributed by atoms with E-state index in [9.17, 15) is 0 Å². The summed E-state index contributed by atoms with van der Waals surface area (Å²) >= 11 is 5.94. The first kappa shape index (κ1) is 16.7. The Hall–Kier alpha value is -1.71. The molecule has 0 spiro atoms. The zero-order valence-corrected chi connectivity index (χ0v) is 13.8. The molecule has 0 amide bonds. The fourth-order valence-corrected chi connectivity index (χ4v) is 2.46. The van der Waals surface area contributed by atoms with Gasteiger partial charge in [0.05, 0.1) is 7.11 Å². The molecule has 2 aromatic carbocycles. The largest absolute Gasteiger partial charge is 0.497 e. The average molecular weight is 320 g/mol. The first-order valence-corrected chi connectivity index (χ1v) is 7.91. The van der Waals surface area contributed by atoms with Gasteiger partial charge in [-0.15, -0.1) is 11.6 Å². The predicted octanol–water partition coefficient (Wildman–Crippen LogP) is 4.16. The van der Waals surface area contributed by atoms with Gasteiger partial charge in [-0.05, 0) is 36.8 Å². The molecule has 0 aliphatic carbocycles. The maximum Gasteiger partial charge on any atom is 0.150 e. The first-order valence-electron chi connectivity index (χ1n) is 7.37. The summed E-state index contributed by atoms with van der Waals surface area (Å²) in [6.07, 6.45) is -0.0626. The number of ether oxygens (including phenoxy) is 2. The Morgan fingerprint density at radius 3 is 2.23 bits per heavy atom. The van der Waals surface area contributed by atoms with Crippen LogP contribution in [0, 0.1) is 0 Å². The normalized spacial score (nSPS) is 12.2. The Labute approximate surface area is 137 Å². The van der Waals surface area contributed by atoms with E-state index in [0.717, 1.165) is 24.6 Å². The molecule has 0 aliphatic heterocycles. The van der Waals surface area contributed by atoms with Gasteiger partial charge >= 0.3 is 0 Å². The summed E-state index contributed by atoms with van der Waals surface area (Å²) in [5, 5.41) is 0. The first-order chi connectivity index (χ1) is 10.7. The van der Waals surface area contributed by atoms with Crippen molar-refractivity contribution in [3.63, 3.8) is 0 Å². The lowest BCUT2D eigenvalue weighted by molar-refractivity contribution is 0.0382. The van der Waals surface area contributed by atoms with Gasteiger partial charge in [0.15, 0.2) is 0 Å². The minimum atomic E-state index is -0.0626. The molecule has 2 rings (SSSR count). The third kappa shape index (κ3) is 4.93. The third-order valence-electron chi connectivity index (χ3n) is 3.48. The lowest BCUT2D eigenvalue weighted by Crippen LogP contribution is -2.38. The zero-order chi connectivity index (χ0) is 15.8. The van der Waals surface area contributed by atoms with Crippen molar-refractivity contribution in [2.45, 2.75) is 19.7 Å². The molecule has 0 aliphatic rings. The van der Waals surface area contributed by atoms with Crippen LogP contribution in [-0.2, 0) is 6.54 Å². The second kappa shape index (κ2) is 8.66. The third-order valence-corrected chi connectivity index (χ3v) is 3.65. The lowest BCUT2D eigenvalue weighted by atomic mass is 10.2. The van der Waals surface area contributed by atoms with E-state index in [2.05, 4.69) is 17.0 Å². The van der Waals surface area contributed by atoms with E-state index < -0.39 is 0 Å². The van der Waals surface area contributed by atoms with Crippen LogP contribution < -0.4 is 9.47 Å². The Morgan fingerprint density at radius 1 is 1.00 bits per heavy atom. The van der Waals surface area contributed by atoms with Crippen molar-refractivity contribution in [3.05, 3.63) is 60.2 Å². The molecular weight excluding hydrogens is 298 g/mol. The molecule has 1 atom stereocenters. The highest BCUT2D eigenvalue weighted by Crippen LogP contribution is 2.19. The van der Waals surface area contributed by atoms with Gasteiger partial charge in [0.1, 0.15) is 17.7 Å². The van der Waals surface area contributed by atoms with Crippen LogP contribution in [0.15, 0.2) is 54.6 Å². The molecule has 118 valence electrons. The van der Waals surface area contributed by atoms with E-state index in [1.165, 1.54) is 5.56 Å². The molecule has 3 nitrogen and oxygen atoms in total. The number of rotatable bonds is 8. The van der Waals surface area contributed by atoms with Gasteiger partial charge < -0.3 is 9.47 Å². The van der Waals surface area contributed by atoms with E-state index in [0.29, 0.717) is 5.88 Å². The smallest absolute Gasteiger partial charge is 0.150 e. The predicted molar refractivity (Wildman–Crippen MR) is 90.7 cm³/mol. The summed E-state index contributed by atoms with van der Waals surface area (Å²) in [7, 11) is 1.65. The van der Waals surface area contributed by atoms with Crippen LogP contribution in [0.1, 0.15) is 12.5 Å². The van der Waals surface area contributed by atoms with Gasteiger partial charge in [-0.1, -0.05) is 30.3 Å². The highest BCUT2D eigenvalue weighted by atomic mass is 35.5. The maximum absolute atomic E-state index is 6.01. The molecule has 0 heterocycles. The van der Waals surface area contributed by atoms with Crippen LogP contribution in [0.3, 0.4) is 0 Å². The fraction of sp³-hybridized carbons (Fsp3) is 0.333. The van der Waals surface area contributed by atoms with E-state index in [1.807, 2.05) is 49.4 Å². The quantitative estimate of drug-likeness (QED) is 0.538. The molecule has 0 bridgehead atoms. The van der Waals surface area contributed by atoms with Gasteiger partial charge in [-0.3, -0.25) is 4.90 Å². The summed E-state index contributed by atoms with van der Waals surface area (Å²) in [6, 6.07) is 17.9. The highest BCUT2D eigenvalue weighted by molar-refractivity contribution is 6.18. The number of hydrogen-bond donors (Lipinski definition) is 0. The summed E-state index contributed by atoms with van der Waals surface area (Å²) in [4.78, 5) is 2.21. The van der Waals surface area contributed by atoms with E-state index in [1.54, 1.807) is 7.11 Å². The van der Waals surface area contributed by atoms with Crippen LogP contribution in [0.2, 0.25) is 0 Å². The van der Waals surface area contributed by atoms with Crippen LogP contribution in [0.4, 0.5) is 0 Å². The summed E-state index contributed by atoms with van der Waals surface area (Å²) in [5.74, 6) is 2.21. The van der Waals surface area contributed by atoms with Crippen LogP contribution in [0.5, 0.6) is 11.5 Å². The molecule has 0 saturated heterocycles. The van der Waals surface area contributed by atoms with Crippen molar-refractivity contribution < 1.29 is 9.47 Å². The minimum absolute atomic E-state index is 0.0626. The van der Waals surface area contributed by atoms with Gasteiger partial charge in [0.2, 0.25) is 0 Å². The summed E-state index contributed by atoms with van der Waals surface area (Å²) < 4.78 is 11.2. The zero-order valence-electron chi connectivity index (χ0n) is 13.0. The summed E-state index contributed by atoms with van der Waals surface area (Å²) in [6.45, 7) is 3.62. The fourth-order valence-electron chi connectivity index (χ4n) is 2.24. The van der Waals surface area contributed by atoms with E-state index in [-0.39, 0.29) is 6.23 Å². The highest BCUT2D eigenvalue weighted by Gasteiger charge is 2.15. The Kier molecular flexibility index (Phi) is 6.56. The Morgan fingerprint density at radius 2 is 1.64 bits per heavy atom. The molecule has 1 unspecified atom stereocenters. The van der Waals surface area contributed by atoms with Crippen molar-refractivity contribution >= 4 is 11.6 Å². The molecule has 2 aromatic rings. The molecule has 0 radical (unpaired) electrons. The molecule has 0 fully saturated rings.